The summed E-state index contributed by atoms with van der Waals surface area (Å²) in [4.78, 5) is 17.4. The highest BCUT2D eigenvalue weighted by Crippen LogP contribution is 2.37. The Morgan fingerprint density at radius 3 is 2.81 bits per heavy atom. The smallest absolute Gasteiger partial charge is 0.348 e. The van der Waals surface area contributed by atoms with Crippen LogP contribution in [0.25, 0.3) is 0 Å². The van der Waals surface area contributed by atoms with E-state index in [1.165, 1.54) is 0 Å². The monoisotopic (exact) mass is 255 g/mol. The molecule has 1 aliphatic rings. The van der Waals surface area contributed by atoms with Crippen molar-refractivity contribution >= 4 is 7.60 Å². The van der Waals surface area contributed by atoms with Gasteiger partial charge in [-0.2, -0.15) is 0 Å². The van der Waals surface area contributed by atoms with Crippen molar-refractivity contribution in [3.63, 3.8) is 0 Å². The van der Waals surface area contributed by atoms with Gasteiger partial charge in [0.05, 0.1) is 14.1 Å². The normalized spacial score (nSPS) is 33.2. The second kappa shape index (κ2) is 5.38. The van der Waals surface area contributed by atoms with E-state index in [1.54, 1.807) is 13.8 Å². The number of halogens is 1. The molecular formula is C9H16FO5P. The maximum atomic E-state index is 13.4. The molecule has 2 N–H and O–H groups in total. The average Bonchev–Trinajstić information content (AvgIpc) is 2.44. The van der Waals surface area contributed by atoms with Gasteiger partial charge in [0, 0.05) is 5.82 Å². The van der Waals surface area contributed by atoms with Crippen molar-refractivity contribution < 1.29 is 29.6 Å². The number of hydrogen-bond acceptors (Lipinski definition) is 3. The molecule has 0 spiro atoms. The molecule has 0 bridgehead atoms. The molecule has 94 valence electrons. The summed E-state index contributed by atoms with van der Waals surface area (Å²) in [5.41, 5.74) is 0. The molecule has 1 aliphatic heterocycles. The van der Waals surface area contributed by atoms with Gasteiger partial charge in [-0.15, -0.1) is 0 Å². The predicted molar refractivity (Wildman–Crippen MR) is 55.8 cm³/mol. The first kappa shape index (κ1) is 12.2. The Labute approximate surface area is 94.8 Å². The zero-order valence-electron chi connectivity index (χ0n) is 10.0. The van der Waals surface area contributed by atoms with Gasteiger partial charge in [-0.3, -0.25) is 4.57 Å². The average molecular weight is 255 g/mol. The van der Waals surface area contributed by atoms with Gasteiger partial charge in [-0.05, 0) is 19.9 Å². The van der Waals surface area contributed by atoms with E-state index in [0.717, 1.165) is 0 Å². The molecule has 1 heterocycles. The van der Waals surface area contributed by atoms with Crippen LogP contribution in [0.2, 0.25) is 0 Å². The van der Waals surface area contributed by atoms with Crippen LogP contribution in [0.1, 0.15) is 15.2 Å². The lowest BCUT2D eigenvalue weighted by atomic mass is 10.1. The first-order valence-corrected chi connectivity index (χ1v) is 6.54. The fraction of sp³-hybridized carbons (Fsp3) is 0.778. The molecule has 1 rings (SSSR count). The lowest BCUT2D eigenvalue weighted by Gasteiger charge is -2.20. The van der Waals surface area contributed by atoms with E-state index in [-0.39, 0.29) is 12.7 Å². The van der Waals surface area contributed by atoms with E-state index < -0.39 is 32.0 Å². The number of rotatable bonds is 4. The second-order valence-corrected chi connectivity index (χ2v) is 5.24. The first-order valence-electron chi connectivity index (χ1n) is 5.36. The summed E-state index contributed by atoms with van der Waals surface area (Å²) in [6.07, 6.45) is -3.72. The number of ether oxygens (including phenoxy) is 2. The highest BCUT2D eigenvalue weighted by atomic mass is 31.2. The number of hydrogen-bond donors (Lipinski definition) is 2. The molecule has 0 saturated carbocycles. The zero-order chi connectivity index (χ0) is 13.2. The Bertz CT molecular complexity index is 342. The van der Waals surface area contributed by atoms with Gasteiger partial charge in [-0.25, -0.2) is 4.39 Å². The van der Waals surface area contributed by atoms with E-state index in [4.69, 9.17) is 20.6 Å². The van der Waals surface area contributed by atoms with E-state index in [0.29, 0.717) is 5.82 Å². The van der Waals surface area contributed by atoms with E-state index in [9.17, 15) is 8.96 Å². The molecule has 1 fully saturated rings. The molecule has 1 saturated heterocycles. The third-order valence-corrected chi connectivity index (χ3v) is 2.41. The minimum atomic E-state index is -4.46. The maximum absolute atomic E-state index is 13.4. The van der Waals surface area contributed by atoms with Crippen LogP contribution in [0.5, 0.6) is 0 Å². The van der Waals surface area contributed by atoms with Gasteiger partial charge in [0.15, 0.2) is 6.17 Å². The Kier molecular flexibility index (Phi) is 4.10. The first-order chi connectivity index (χ1) is 7.70. The van der Waals surface area contributed by atoms with Crippen molar-refractivity contribution in [2.24, 2.45) is 0 Å². The molecule has 0 aromatic carbocycles. The summed E-state index contributed by atoms with van der Waals surface area (Å²) in [7, 11) is -4.46. The standard InChI is InChI=1S/C9H16FO5P/c1-6(2)15-9-7(10)5-14-8(9)3-4-16(11,12)13/h3-4,6-9H,5H2,1-2H3,(H2,11,12,13)/b4-3+/t7-,8+,9-/m0/s1/i3D. The topological polar surface area (TPSA) is 76.0 Å². The fourth-order valence-corrected chi connectivity index (χ4v) is 1.70. The summed E-state index contributed by atoms with van der Waals surface area (Å²) in [6.45, 7) is 3.18. The lowest BCUT2D eigenvalue weighted by Crippen LogP contribution is -2.32. The van der Waals surface area contributed by atoms with Gasteiger partial charge in [-0.1, -0.05) is 0 Å². The van der Waals surface area contributed by atoms with Crippen LogP contribution in [0.3, 0.4) is 0 Å². The Balaban J connectivity index is 2.82. The van der Waals surface area contributed by atoms with Crippen LogP contribution in [0, 0.1) is 0 Å². The summed E-state index contributed by atoms with van der Waals surface area (Å²) in [5, 5.41) is 0. The van der Waals surface area contributed by atoms with Crippen molar-refractivity contribution in [1.29, 1.82) is 0 Å². The third-order valence-electron chi connectivity index (χ3n) is 1.93. The summed E-state index contributed by atoms with van der Waals surface area (Å²) >= 11 is 0. The molecule has 0 unspecified atom stereocenters. The van der Waals surface area contributed by atoms with Crippen LogP contribution < -0.4 is 0 Å². The van der Waals surface area contributed by atoms with Crippen LogP contribution in [0.15, 0.2) is 11.9 Å². The van der Waals surface area contributed by atoms with Crippen molar-refractivity contribution in [2.45, 2.75) is 38.3 Å². The Hall–Kier alpha value is -0.260. The van der Waals surface area contributed by atoms with Gasteiger partial charge >= 0.3 is 7.60 Å². The maximum Gasteiger partial charge on any atom is 0.348 e. The highest BCUT2D eigenvalue weighted by Gasteiger charge is 2.37. The van der Waals surface area contributed by atoms with Crippen molar-refractivity contribution in [1.82, 2.24) is 0 Å². The molecule has 0 aromatic heterocycles. The molecular weight excluding hydrogens is 238 g/mol. The number of alkyl halides is 1. The largest absolute Gasteiger partial charge is 0.369 e. The molecule has 0 aliphatic carbocycles. The van der Waals surface area contributed by atoms with Crippen LogP contribution in [0.4, 0.5) is 4.39 Å². The summed E-state index contributed by atoms with van der Waals surface area (Å²) in [5.74, 6) is 0.465. The summed E-state index contributed by atoms with van der Waals surface area (Å²) < 4.78 is 41.9. The molecule has 0 aromatic rings. The van der Waals surface area contributed by atoms with Crippen LogP contribution in [-0.2, 0) is 14.0 Å². The Morgan fingerprint density at radius 1 is 1.69 bits per heavy atom. The SMILES string of the molecule is [2H]/C(=C\P(=O)(O)O)[C@H]1OC[C@H](F)[C@@H]1OC(C)C. The van der Waals surface area contributed by atoms with E-state index in [2.05, 4.69) is 0 Å². The highest BCUT2D eigenvalue weighted by molar-refractivity contribution is 7.55. The third kappa shape index (κ3) is 4.31. The minimum Gasteiger partial charge on any atom is -0.369 e. The van der Waals surface area contributed by atoms with E-state index >= 15 is 0 Å². The lowest BCUT2D eigenvalue weighted by molar-refractivity contribution is -0.0385. The second-order valence-electron chi connectivity index (χ2n) is 3.80. The summed E-state index contributed by atoms with van der Waals surface area (Å²) in [6, 6.07) is -0.455. The molecule has 3 atom stereocenters. The fourth-order valence-electron chi connectivity index (χ4n) is 1.36. The van der Waals surface area contributed by atoms with Crippen molar-refractivity contribution in [2.75, 3.05) is 6.61 Å². The predicted octanol–water partition coefficient (Wildman–Crippen LogP) is 1.21. The molecule has 5 nitrogen and oxygen atoms in total. The van der Waals surface area contributed by atoms with Gasteiger partial charge in [0.2, 0.25) is 0 Å². The van der Waals surface area contributed by atoms with Gasteiger partial charge < -0.3 is 19.3 Å². The van der Waals surface area contributed by atoms with Crippen molar-refractivity contribution in [3.05, 3.63) is 11.9 Å². The quantitative estimate of drug-likeness (QED) is 0.738. The van der Waals surface area contributed by atoms with Crippen LogP contribution in [-0.4, -0.2) is 40.9 Å². The van der Waals surface area contributed by atoms with Gasteiger partial charge in [0.25, 0.3) is 0 Å². The molecule has 0 amide bonds. The van der Waals surface area contributed by atoms with E-state index in [1.807, 2.05) is 0 Å². The Morgan fingerprint density at radius 2 is 2.31 bits per heavy atom. The minimum absolute atomic E-state index is 0.237. The molecule has 7 heteroatoms. The zero-order valence-corrected chi connectivity index (χ0v) is 9.93. The van der Waals surface area contributed by atoms with Crippen molar-refractivity contribution in [3.8, 4) is 0 Å². The van der Waals surface area contributed by atoms with Crippen LogP contribution >= 0.6 is 7.60 Å². The molecule has 0 radical (unpaired) electrons. The molecule has 16 heavy (non-hydrogen) atoms. The van der Waals surface area contributed by atoms with Gasteiger partial charge in [0.1, 0.15) is 12.2 Å².